The highest BCUT2D eigenvalue weighted by Gasteiger charge is 2.24. The summed E-state index contributed by atoms with van der Waals surface area (Å²) in [6, 6.07) is 8.29. The lowest BCUT2D eigenvalue weighted by Crippen LogP contribution is -2.46. The second-order valence-corrected chi connectivity index (χ2v) is 5.66. The summed E-state index contributed by atoms with van der Waals surface area (Å²) in [5, 5.41) is 3.37. The number of hydrogen-bond acceptors (Lipinski definition) is 2. The van der Waals surface area contributed by atoms with Crippen LogP contribution >= 0.6 is 0 Å². The van der Waals surface area contributed by atoms with Crippen molar-refractivity contribution < 1.29 is 4.79 Å². The van der Waals surface area contributed by atoms with Crippen molar-refractivity contribution in [2.24, 2.45) is 0 Å². The summed E-state index contributed by atoms with van der Waals surface area (Å²) in [5.74, 6) is 0.524. The molecule has 1 fully saturated rings. The molecule has 0 radical (unpaired) electrons. The molecule has 3 nitrogen and oxygen atoms in total. The first-order valence-electron chi connectivity index (χ1n) is 7.18. The van der Waals surface area contributed by atoms with Crippen LogP contribution in [-0.4, -0.2) is 37.0 Å². The van der Waals surface area contributed by atoms with Gasteiger partial charge in [-0.25, -0.2) is 0 Å². The largest absolute Gasteiger partial charge is 0.337 e. The number of carbonyl (C=O) groups is 1. The van der Waals surface area contributed by atoms with Gasteiger partial charge in [-0.05, 0) is 36.9 Å². The summed E-state index contributed by atoms with van der Waals surface area (Å²) in [6.07, 6.45) is 2.24. The SMILES string of the molecule is CC(C)c1ccccc1C(=O)N(C)[C@H]1CCCNC1. The molecule has 1 aromatic carbocycles. The highest BCUT2D eigenvalue weighted by molar-refractivity contribution is 5.96. The number of nitrogens with one attached hydrogen (secondary N) is 1. The maximum atomic E-state index is 12.7. The molecule has 1 aliphatic rings. The van der Waals surface area contributed by atoms with Crippen molar-refractivity contribution in [2.75, 3.05) is 20.1 Å². The van der Waals surface area contributed by atoms with Gasteiger partial charge in [0.05, 0.1) is 0 Å². The molecule has 19 heavy (non-hydrogen) atoms. The van der Waals surface area contributed by atoms with Gasteiger partial charge in [0, 0.05) is 25.2 Å². The fourth-order valence-corrected chi connectivity index (χ4v) is 2.72. The van der Waals surface area contributed by atoms with E-state index in [1.54, 1.807) is 0 Å². The van der Waals surface area contributed by atoms with Crippen LogP contribution in [0.4, 0.5) is 0 Å². The first-order chi connectivity index (χ1) is 9.11. The normalized spacial score (nSPS) is 19.5. The lowest BCUT2D eigenvalue weighted by Gasteiger charge is -2.32. The van der Waals surface area contributed by atoms with Gasteiger partial charge in [0.15, 0.2) is 0 Å². The Hall–Kier alpha value is -1.35. The van der Waals surface area contributed by atoms with E-state index in [0.717, 1.165) is 37.1 Å². The number of nitrogens with zero attached hydrogens (tertiary/aromatic N) is 1. The van der Waals surface area contributed by atoms with Crippen molar-refractivity contribution in [2.45, 2.75) is 38.6 Å². The fourth-order valence-electron chi connectivity index (χ4n) is 2.72. The molecule has 0 bridgehead atoms. The minimum atomic E-state index is 0.151. The van der Waals surface area contributed by atoms with E-state index < -0.39 is 0 Å². The molecule has 1 atom stereocenters. The van der Waals surface area contributed by atoms with Crippen LogP contribution in [0.15, 0.2) is 24.3 Å². The van der Waals surface area contributed by atoms with Crippen LogP contribution in [0.3, 0.4) is 0 Å². The monoisotopic (exact) mass is 260 g/mol. The lowest BCUT2D eigenvalue weighted by molar-refractivity contribution is 0.0707. The van der Waals surface area contributed by atoms with Crippen LogP contribution in [0.25, 0.3) is 0 Å². The molecule has 1 heterocycles. The third-order valence-corrected chi connectivity index (χ3v) is 3.95. The highest BCUT2D eigenvalue weighted by atomic mass is 16.2. The number of likely N-dealkylation sites (N-methyl/N-ethyl adjacent to an activating group) is 1. The summed E-state index contributed by atoms with van der Waals surface area (Å²) >= 11 is 0. The van der Waals surface area contributed by atoms with E-state index in [2.05, 4.69) is 25.2 Å². The molecule has 0 spiro atoms. The number of rotatable bonds is 3. The highest BCUT2D eigenvalue weighted by Crippen LogP contribution is 2.21. The van der Waals surface area contributed by atoms with E-state index in [9.17, 15) is 4.79 Å². The van der Waals surface area contributed by atoms with Crippen LogP contribution < -0.4 is 5.32 Å². The van der Waals surface area contributed by atoms with E-state index in [1.165, 1.54) is 0 Å². The second kappa shape index (κ2) is 6.20. The van der Waals surface area contributed by atoms with Crippen molar-refractivity contribution >= 4 is 5.91 Å². The third-order valence-electron chi connectivity index (χ3n) is 3.95. The standard InChI is InChI=1S/C16H24N2O/c1-12(2)14-8-4-5-9-15(14)16(19)18(3)13-7-6-10-17-11-13/h4-5,8-9,12-13,17H,6-7,10-11H2,1-3H3/t13-/m0/s1. The number of amides is 1. The molecule has 1 amide bonds. The predicted molar refractivity (Wildman–Crippen MR) is 78.5 cm³/mol. The molecule has 0 aliphatic carbocycles. The Balaban J connectivity index is 2.18. The molecular weight excluding hydrogens is 236 g/mol. The molecule has 1 aliphatic heterocycles. The number of piperidine rings is 1. The van der Waals surface area contributed by atoms with Gasteiger partial charge in [-0.15, -0.1) is 0 Å². The Bertz CT molecular complexity index is 436. The van der Waals surface area contributed by atoms with Crippen molar-refractivity contribution in [3.8, 4) is 0 Å². The fraction of sp³-hybridized carbons (Fsp3) is 0.562. The Morgan fingerprint density at radius 3 is 2.74 bits per heavy atom. The van der Waals surface area contributed by atoms with Gasteiger partial charge in [0.1, 0.15) is 0 Å². The summed E-state index contributed by atoms with van der Waals surface area (Å²) in [6.45, 7) is 6.25. The molecule has 1 aromatic rings. The van der Waals surface area contributed by atoms with Crippen molar-refractivity contribution in [3.63, 3.8) is 0 Å². The van der Waals surface area contributed by atoms with Gasteiger partial charge < -0.3 is 10.2 Å². The summed E-state index contributed by atoms with van der Waals surface area (Å²) in [5.41, 5.74) is 1.99. The van der Waals surface area contributed by atoms with Crippen LogP contribution in [0.1, 0.15) is 48.5 Å². The average molecular weight is 260 g/mol. The summed E-state index contributed by atoms with van der Waals surface area (Å²) < 4.78 is 0. The van der Waals surface area contributed by atoms with Crippen LogP contribution in [0.2, 0.25) is 0 Å². The predicted octanol–water partition coefficient (Wildman–Crippen LogP) is 2.63. The van der Waals surface area contributed by atoms with E-state index >= 15 is 0 Å². The molecule has 1 saturated heterocycles. The summed E-state index contributed by atoms with van der Waals surface area (Å²) in [4.78, 5) is 14.6. The second-order valence-electron chi connectivity index (χ2n) is 5.66. The van der Waals surface area contributed by atoms with Gasteiger partial charge in [0.25, 0.3) is 5.91 Å². The zero-order valence-electron chi connectivity index (χ0n) is 12.1. The minimum absolute atomic E-state index is 0.151. The van der Waals surface area contributed by atoms with E-state index in [1.807, 2.05) is 30.1 Å². The van der Waals surface area contributed by atoms with E-state index in [4.69, 9.17) is 0 Å². The number of benzene rings is 1. The van der Waals surface area contributed by atoms with Gasteiger partial charge >= 0.3 is 0 Å². The molecule has 3 heteroatoms. The van der Waals surface area contributed by atoms with Crippen molar-refractivity contribution in [1.82, 2.24) is 10.2 Å². The van der Waals surface area contributed by atoms with Crippen molar-refractivity contribution in [1.29, 1.82) is 0 Å². The average Bonchev–Trinajstić information content (AvgIpc) is 2.46. The zero-order chi connectivity index (χ0) is 13.8. The van der Waals surface area contributed by atoms with Gasteiger partial charge in [0.2, 0.25) is 0 Å². The topological polar surface area (TPSA) is 32.3 Å². The van der Waals surface area contributed by atoms with E-state index in [-0.39, 0.29) is 5.91 Å². The van der Waals surface area contributed by atoms with Gasteiger partial charge in [-0.1, -0.05) is 32.0 Å². The molecular formula is C16H24N2O. The summed E-state index contributed by atoms with van der Waals surface area (Å²) in [7, 11) is 1.93. The quantitative estimate of drug-likeness (QED) is 0.906. The first kappa shape index (κ1) is 14.1. The Kier molecular flexibility index (Phi) is 4.59. The molecule has 0 aromatic heterocycles. The number of hydrogen-bond donors (Lipinski definition) is 1. The Morgan fingerprint density at radius 2 is 2.11 bits per heavy atom. The third kappa shape index (κ3) is 3.16. The maximum absolute atomic E-state index is 12.7. The van der Waals surface area contributed by atoms with Crippen LogP contribution in [0, 0.1) is 0 Å². The Morgan fingerprint density at radius 1 is 1.37 bits per heavy atom. The van der Waals surface area contributed by atoms with Gasteiger partial charge in [-0.3, -0.25) is 4.79 Å². The minimum Gasteiger partial charge on any atom is -0.337 e. The molecule has 0 saturated carbocycles. The molecule has 1 N–H and O–H groups in total. The molecule has 0 unspecified atom stereocenters. The van der Waals surface area contributed by atoms with Crippen LogP contribution in [-0.2, 0) is 0 Å². The lowest BCUT2D eigenvalue weighted by atomic mass is 9.95. The first-order valence-corrected chi connectivity index (χ1v) is 7.18. The van der Waals surface area contributed by atoms with E-state index in [0.29, 0.717) is 12.0 Å². The Labute approximate surface area is 116 Å². The smallest absolute Gasteiger partial charge is 0.254 e. The maximum Gasteiger partial charge on any atom is 0.254 e. The zero-order valence-corrected chi connectivity index (χ0v) is 12.1. The molecule has 2 rings (SSSR count). The van der Waals surface area contributed by atoms with Crippen LogP contribution in [0.5, 0.6) is 0 Å². The number of carbonyl (C=O) groups excluding carboxylic acids is 1. The van der Waals surface area contributed by atoms with Gasteiger partial charge in [-0.2, -0.15) is 0 Å². The molecule has 104 valence electrons. The van der Waals surface area contributed by atoms with Crippen molar-refractivity contribution in [3.05, 3.63) is 35.4 Å².